The van der Waals surface area contributed by atoms with Crippen LogP contribution in [0.1, 0.15) is 16.7 Å². The minimum Gasteiger partial charge on any atom is -0.508 e. The van der Waals surface area contributed by atoms with Gasteiger partial charge in [0.2, 0.25) is 0 Å². The molecule has 1 aromatic rings. The van der Waals surface area contributed by atoms with Gasteiger partial charge in [-0.1, -0.05) is 6.07 Å². The van der Waals surface area contributed by atoms with Crippen molar-refractivity contribution >= 4 is 0 Å². The maximum absolute atomic E-state index is 9.61. The summed E-state index contributed by atoms with van der Waals surface area (Å²) in [4.78, 5) is 0. The summed E-state index contributed by atoms with van der Waals surface area (Å²) < 4.78 is 0. The van der Waals surface area contributed by atoms with E-state index in [0.29, 0.717) is 18.8 Å². The van der Waals surface area contributed by atoms with Crippen molar-refractivity contribution in [3.63, 3.8) is 0 Å². The molecule has 1 rings (SSSR count). The number of hydrogen-bond acceptors (Lipinski definition) is 3. The van der Waals surface area contributed by atoms with E-state index in [-0.39, 0.29) is 6.61 Å². The Morgan fingerprint density at radius 2 is 1.86 bits per heavy atom. The molecule has 0 saturated heterocycles. The maximum Gasteiger partial charge on any atom is 0.120 e. The van der Waals surface area contributed by atoms with Crippen molar-refractivity contribution in [3.05, 3.63) is 28.8 Å². The molecule has 78 valence electrons. The maximum atomic E-state index is 9.61. The van der Waals surface area contributed by atoms with Gasteiger partial charge in [0.1, 0.15) is 5.75 Å². The highest BCUT2D eigenvalue weighted by molar-refractivity contribution is 5.40. The number of hydrogen-bond donors (Lipinski definition) is 3. The van der Waals surface area contributed by atoms with Gasteiger partial charge in [-0.2, -0.15) is 0 Å². The fraction of sp³-hybridized carbons (Fsp3) is 0.455. The van der Waals surface area contributed by atoms with Crippen LogP contribution in [-0.4, -0.2) is 23.4 Å². The van der Waals surface area contributed by atoms with Gasteiger partial charge in [0.15, 0.2) is 0 Å². The Hall–Kier alpha value is -1.06. The minimum atomic E-state index is 0.117. The van der Waals surface area contributed by atoms with Crippen LogP contribution >= 0.6 is 0 Å². The second-order valence-corrected chi connectivity index (χ2v) is 3.47. The van der Waals surface area contributed by atoms with E-state index in [1.165, 1.54) is 5.56 Å². The molecule has 3 heteroatoms. The Labute approximate surface area is 84.4 Å². The summed E-state index contributed by atoms with van der Waals surface area (Å²) in [5, 5.41) is 21.2. The predicted molar refractivity (Wildman–Crippen MR) is 56.4 cm³/mol. The molecule has 0 radical (unpaired) electrons. The fourth-order valence-corrected chi connectivity index (χ4v) is 1.30. The Bertz CT molecular complexity index is 310. The van der Waals surface area contributed by atoms with Crippen LogP contribution < -0.4 is 5.32 Å². The molecular formula is C11H17NO2. The first-order valence-corrected chi connectivity index (χ1v) is 4.76. The molecule has 3 nitrogen and oxygen atoms in total. The lowest BCUT2D eigenvalue weighted by molar-refractivity contribution is 0.291. The lowest BCUT2D eigenvalue weighted by Crippen LogP contribution is -2.17. The molecule has 0 aliphatic carbocycles. The largest absolute Gasteiger partial charge is 0.508 e. The van der Waals surface area contributed by atoms with Gasteiger partial charge in [0, 0.05) is 18.7 Å². The van der Waals surface area contributed by atoms with Crippen LogP contribution in [0.15, 0.2) is 12.1 Å². The van der Waals surface area contributed by atoms with Crippen LogP contribution in [0.3, 0.4) is 0 Å². The summed E-state index contributed by atoms with van der Waals surface area (Å²) in [5.41, 5.74) is 3.14. The fourth-order valence-electron chi connectivity index (χ4n) is 1.30. The summed E-state index contributed by atoms with van der Waals surface area (Å²) >= 11 is 0. The molecule has 0 fully saturated rings. The van der Waals surface area contributed by atoms with E-state index in [9.17, 15) is 5.11 Å². The highest BCUT2D eigenvalue weighted by Gasteiger charge is 2.03. The summed E-state index contributed by atoms with van der Waals surface area (Å²) in [6.45, 7) is 5.25. The summed E-state index contributed by atoms with van der Waals surface area (Å²) in [7, 11) is 0. The third-order valence-corrected chi connectivity index (χ3v) is 2.30. The molecule has 0 bridgehead atoms. The molecule has 0 unspecified atom stereocenters. The van der Waals surface area contributed by atoms with Crippen LogP contribution in [-0.2, 0) is 6.54 Å². The second-order valence-electron chi connectivity index (χ2n) is 3.47. The number of phenolic OH excluding ortho intramolecular Hbond substituents is 1. The van der Waals surface area contributed by atoms with Gasteiger partial charge in [-0.05, 0) is 31.0 Å². The second kappa shape index (κ2) is 4.98. The molecule has 1 aromatic carbocycles. The van der Waals surface area contributed by atoms with E-state index < -0.39 is 0 Å². The Kier molecular flexibility index (Phi) is 3.92. The molecule has 0 aliphatic heterocycles. The topological polar surface area (TPSA) is 52.5 Å². The number of phenols is 1. The molecule has 0 aromatic heterocycles. The van der Waals surface area contributed by atoms with Gasteiger partial charge in [-0.15, -0.1) is 0 Å². The van der Waals surface area contributed by atoms with Crippen molar-refractivity contribution in [2.45, 2.75) is 20.4 Å². The highest BCUT2D eigenvalue weighted by atomic mass is 16.3. The van der Waals surface area contributed by atoms with Crippen molar-refractivity contribution < 1.29 is 10.2 Å². The molecule has 0 heterocycles. The van der Waals surface area contributed by atoms with Crippen molar-refractivity contribution in [2.24, 2.45) is 0 Å². The van der Waals surface area contributed by atoms with Crippen LogP contribution in [0.25, 0.3) is 0 Å². The molecule has 0 aliphatic rings. The highest BCUT2D eigenvalue weighted by Crippen LogP contribution is 2.21. The Balaban J connectivity index is 2.72. The first kappa shape index (κ1) is 11.0. The van der Waals surface area contributed by atoms with Gasteiger partial charge < -0.3 is 15.5 Å². The third kappa shape index (κ3) is 2.72. The minimum absolute atomic E-state index is 0.117. The third-order valence-electron chi connectivity index (χ3n) is 2.30. The van der Waals surface area contributed by atoms with E-state index in [0.717, 1.165) is 11.1 Å². The standard InChI is InChI=1S/C11H17NO2/c1-8-5-10(7-12-3-4-13)11(14)6-9(8)2/h5-6,12-14H,3-4,7H2,1-2H3. The molecule has 0 amide bonds. The van der Waals surface area contributed by atoms with Crippen molar-refractivity contribution in [2.75, 3.05) is 13.2 Å². The summed E-state index contributed by atoms with van der Waals surface area (Å²) in [6.07, 6.45) is 0. The number of aryl methyl sites for hydroxylation is 2. The van der Waals surface area contributed by atoms with E-state index in [2.05, 4.69) is 5.32 Å². The van der Waals surface area contributed by atoms with Gasteiger partial charge in [-0.3, -0.25) is 0 Å². The molecule has 0 saturated carbocycles. The monoisotopic (exact) mass is 195 g/mol. The number of aliphatic hydroxyl groups excluding tert-OH is 1. The number of aromatic hydroxyl groups is 1. The smallest absolute Gasteiger partial charge is 0.120 e. The quantitative estimate of drug-likeness (QED) is 0.630. The zero-order valence-corrected chi connectivity index (χ0v) is 8.67. The lowest BCUT2D eigenvalue weighted by Gasteiger charge is -2.08. The van der Waals surface area contributed by atoms with E-state index in [1.54, 1.807) is 6.07 Å². The average Bonchev–Trinajstić information content (AvgIpc) is 2.14. The summed E-state index contributed by atoms with van der Waals surface area (Å²) in [5.74, 6) is 0.318. The number of aliphatic hydroxyl groups is 1. The van der Waals surface area contributed by atoms with Crippen LogP contribution in [0.2, 0.25) is 0 Å². The number of benzene rings is 1. The van der Waals surface area contributed by atoms with Gasteiger partial charge >= 0.3 is 0 Å². The molecule has 0 atom stereocenters. The number of nitrogens with one attached hydrogen (secondary N) is 1. The van der Waals surface area contributed by atoms with E-state index in [1.807, 2.05) is 19.9 Å². The van der Waals surface area contributed by atoms with Crippen LogP contribution in [0.5, 0.6) is 5.75 Å². The van der Waals surface area contributed by atoms with Crippen LogP contribution in [0, 0.1) is 13.8 Å². The zero-order chi connectivity index (χ0) is 10.6. The molecule has 0 spiro atoms. The Morgan fingerprint density at radius 3 is 2.50 bits per heavy atom. The first-order chi connectivity index (χ1) is 6.65. The summed E-state index contributed by atoms with van der Waals surface area (Å²) in [6, 6.07) is 3.74. The average molecular weight is 195 g/mol. The first-order valence-electron chi connectivity index (χ1n) is 4.76. The van der Waals surface area contributed by atoms with Gasteiger partial charge in [0.05, 0.1) is 6.61 Å². The van der Waals surface area contributed by atoms with Crippen molar-refractivity contribution in [1.82, 2.24) is 5.32 Å². The molecular weight excluding hydrogens is 178 g/mol. The predicted octanol–water partition coefficient (Wildman–Crippen LogP) is 1.09. The normalized spacial score (nSPS) is 10.5. The zero-order valence-electron chi connectivity index (χ0n) is 8.67. The van der Waals surface area contributed by atoms with Crippen LogP contribution in [0.4, 0.5) is 0 Å². The van der Waals surface area contributed by atoms with E-state index >= 15 is 0 Å². The van der Waals surface area contributed by atoms with Gasteiger partial charge in [0.25, 0.3) is 0 Å². The number of rotatable bonds is 4. The molecule has 14 heavy (non-hydrogen) atoms. The lowest BCUT2D eigenvalue weighted by atomic mass is 10.1. The SMILES string of the molecule is Cc1cc(O)c(CNCCO)cc1C. The molecule has 3 N–H and O–H groups in total. The van der Waals surface area contributed by atoms with E-state index in [4.69, 9.17) is 5.11 Å². The van der Waals surface area contributed by atoms with Crippen molar-refractivity contribution in [3.8, 4) is 5.75 Å². The Morgan fingerprint density at radius 1 is 1.21 bits per heavy atom. The van der Waals surface area contributed by atoms with Gasteiger partial charge in [-0.25, -0.2) is 0 Å². The van der Waals surface area contributed by atoms with Crippen molar-refractivity contribution in [1.29, 1.82) is 0 Å².